The molecule has 0 bridgehead atoms. The number of nitrogens with two attached hydrogens (primary N) is 1. The Balaban J connectivity index is 2.16. The van der Waals surface area contributed by atoms with Crippen LogP contribution in [0.25, 0.3) is 10.8 Å². The van der Waals surface area contributed by atoms with Gasteiger partial charge in [0.05, 0.1) is 22.7 Å². The van der Waals surface area contributed by atoms with Gasteiger partial charge < -0.3 is 10.5 Å². The number of rotatable bonds is 6. The molecule has 0 spiro atoms. The third kappa shape index (κ3) is 3.62. The number of benzene rings is 2. The van der Waals surface area contributed by atoms with Gasteiger partial charge in [-0.05, 0) is 29.8 Å². The van der Waals surface area contributed by atoms with E-state index in [1.54, 1.807) is 0 Å². The molecular formula is C15H19NO2S. The van der Waals surface area contributed by atoms with Gasteiger partial charge in [-0.2, -0.15) is 0 Å². The zero-order valence-electron chi connectivity index (χ0n) is 11.0. The largest absolute Gasteiger partial charge is 0.376 e. The molecule has 0 saturated carbocycles. The predicted molar refractivity (Wildman–Crippen MR) is 79.7 cm³/mol. The van der Waals surface area contributed by atoms with Gasteiger partial charge in [0.1, 0.15) is 0 Å². The van der Waals surface area contributed by atoms with Crippen LogP contribution in [0.1, 0.15) is 6.92 Å². The lowest BCUT2D eigenvalue weighted by atomic mass is 10.1. The lowest BCUT2D eigenvalue weighted by Gasteiger charge is -2.14. The average Bonchev–Trinajstić information content (AvgIpc) is 2.46. The molecule has 2 rings (SSSR count). The Morgan fingerprint density at radius 2 is 1.95 bits per heavy atom. The lowest BCUT2D eigenvalue weighted by molar-refractivity contribution is 0.0852. The SMILES string of the molecule is CCOC(CN)CS(=O)c1ccc2ccccc2c1. The maximum atomic E-state index is 12.3. The lowest BCUT2D eigenvalue weighted by Crippen LogP contribution is -2.29. The Bertz CT molecular complexity index is 571. The Morgan fingerprint density at radius 3 is 2.63 bits per heavy atom. The quantitative estimate of drug-likeness (QED) is 0.881. The Morgan fingerprint density at radius 1 is 1.21 bits per heavy atom. The first-order chi connectivity index (χ1) is 9.24. The van der Waals surface area contributed by atoms with Crippen molar-refractivity contribution in [2.45, 2.75) is 17.9 Å². The van der Waals surface area contributed by atoms with E-state index in [4.69, 9.17) is 10.5 Å². The van der Waals surface area contributed by atoms with E-state index in [-0.39, 0.29) is 6.10 Å². The van der Waals surface area contributed by atoms with Crippen molar-refractivity contribution in [2.75, 3.05) is 18.9 Å². The molecule has 0 fully saturated rings. The van der Waals surface area contributed by atoms with E-state index in [1.807, 2.05) is 49.4 Å². The van der Waals surface area contributed by atoms with Gasteiger partial charge in [-0.15, -0.1) is 0 Å². The number of hydrogen-bond acceptors (Lipinski definition) is 3. The standard InChI is InChI=1S/C15H19NO2S/c1-2-18-14(10-16)11-19(17)15-8-7-12-5-3-4-6-13(12)9-15/h3-9,14H,2,10-11,16H2,1H3. The number of fused-ring (bicyclic) bond motifs is 1. The summed E-state index contributed by atoms with van der Waals surface area (Å²) in [7, 11) is -1.08. The smallest absolute Gasteiger partial charge is 0.0815 e. The molecule has 0 aliphatic heterocycles. The molecule has 2 atom stereocenters. The van der Waals surface area contributed by atoms with Gasteiger partial charge in [-0.1, -0.05) is 30.3 Å². The Labute approximate surface area is 116 Å². The Hall–Kier alpha value is -1.23. The van der Waals surface area contributed by atoms with Crippen molar-refractivity contribution in [2.24, 2.45) is 5.73 Å². The molecular weight excluding hydrogens is 258 g/mol. The highest BCUT2D eigenvalue weighted by atomic mass is 32.2. The van der Waals surface area contributed by atoms with Crippen LogP contribution >= 0.6 is 0 Å². The topological polar surface area (TPSA) is 52.3 Å². The van der Waals surface area contributed by atoms with Crippen LogP contribution in [-0.2, 0) is 15.5 Å². The van der Waals surface area contributed by atoms with Gasteiger partial charge in [0.2, 0.25) is 0 Å². The van der Waals surface area contributed by atoms with E-state index in [1.165, 1.54) is 0 Å². The van der Waals surface area contributed by atoms with Crippen molar-refractivity contribution in [1.82, 2.24) is 0 Å². The maximum absolute atomic E-state index is 12.3. The first-order valence-electron chi connectivity index (χ1n) is 6.43. The van der Waals surface area contributed by atoms with Gasteiger partial charge in [0.15, 0.2) is 0 Å². The third-order valence-corrected chi connectivity index (χ3v) is 4.44. The maximum Gasteiger partial charge on any atom is 0.0815 e. The number of ether oxygens (including phenoxy) is 1. The van der Waals surface area contributed by atoms with Crippen LogP contribution in [0.4, 0.5) is 0 Å². The highest BCUT2D eigenvalue weighted by molar-refractivity contribution is 7.85. The van der Waals surface area contributed by atoms with Crippen LogP contribution in [0.3, 0.4) is 0 Å². The van der Waals surface area contributed by atoms with Crippen molar-refractivity contribution in [3.8, 4) is 0 Å². The van der Waals surface area contributed by atoms with Gasteiger partial charge in [-0.25, -0.2) is 0 Å². The second-order valence-electron chi connectivity index (χ2n) is 4.33. The van der Waals surface area contributed by atoms with E-state index >= 15 is 0 Å². The molecule has 4 heteroatoms. The van der Waals surface area contributed by atoms with E-state index in [0.717, 1.165) is 15.7 Å². The average molecular weight is 277 g/mol. The fraction of sp³-hybridized carbons (Fsp3) is 0.333. The van der Waals surface area contributed by atoms with Crippen LogP contribution in [-0.4, -0.2) is 29.2 Å². The van der Waals surface area contributed by atoms with Crippen LogP contribution in [0.2, 0.25) is 0 Å². The van der Waals surface area contributed by atoms with Crippen molar-refractivity contribution < 1.29 is 8.95 Å². The summed E-state index contributed by atoms with van der Waals surface area (Å²) in [5.74, 6) is 0.447. The molecule has 2 unspecified atom stereocenters. The molecule has 3 nitrogen and oxygen atoms in total. The van der Waals surface area contributed by atoms with E-state index in [9.17, 15) is 4.21 Å². The first kappa shape index (κ1) is 14.2. The summed E-state index contributed by atoms with van der Waals surface area (Å²) in [5.41, 5.74) is 5.62. The summed E-state index contributed by atoms with van der Waals surface area (Å²) in [5, 5.41) is 2.26. The second kappa shape index (κ2) is 6.80. The molecule has 2 aromatic carbocycles. The fourth-order valence-electron chi connectivity index (χ4n) is 1.99. The van der Waals surface area contributed by atoms with Crippen molar-refractivity contribution in [3.63, 3.8) is 0 Å². The molecule has 0 radical (unpaired) electrons. The molecule has 19 heavy (non-hydrogen) atoms. The van der Waals surface area contributed by atoms with Gasteiger partial charge in [0, 0.05) is 18.0 Å². The third-order valence-electron chi connectivity index (χ3n) is 2.99. The molecule has 0 amide bonds. The van der Waals surface area contributed by atoms with Crippen molar-refractivity contribution in [3.05, 3.63) is 42.5 Å². The van der Waals surface area contributed by atoms with Gasteiger partial charge in [0.25, 0.3) is 0 Å². The van der Waals surface area contributed by atoms with E-state index in [2.05, 4.69) is 0 Å². The van der Waals surface area contributed by atoms with Crippen molar-refractivity contribution in [1.29, 1.82) is 0 Å². The molecule has 0 aliphatic carbocycles. The second-order valence-corrected chi connectivity index (χ2v) is 5.83. The molecule has 0 aliphatic rings. The summed E-state index contributed by atoms with van der Waals surface area (Å²) in [6.45, 7) is 2.91. The van der Waals surface area contributed by atoms with E-state index < -0.39 is 10.8 Å². The normalized spacial score (nSPS) is 14.4. The fourth-order valence-corrected chi connectivity index (χ4v) is 3.23. The summed E-state index contributed by atoms with van der Waals surface area (Å²) in [4.78, 5) is 0.830. The van der Waals surface area contributed by atoms with Gasteiger partial charge >= 0.3 is 0 Å². The number of hydrogen-bond donors (Lipinski definition) is 1. The molecule has 0 heterocycles. The molecule has 2 N–H and O–H groups in total. The zero-order chi connectivity index (χ0) is 13.7. The van der Waals surface area contributed by atoms with Crippen LogP contribution in [0, 0.1) is 0 Å². The zero-order valence-corrected chi connectivity index (χ0v) is 11.9. The highest BCUT2D eigenvalue weighted by Gasteiger charge is 2.13. The highest BCUT2D eigenvalue weighted by Crippen LogP contribution is 2.18. The minimum absolute atomic E-state index is 0.141. The molecule has 2 aromatic rings. The summed E-state index contributed by atoms with van der Waals surface area (Å²) in [6.07, 6.45) is -0.141. The summed E-state index contributed by atoms with van der Waals surface area (Å²) < 4.78 is 17.8. The minimum atomic E-state index is -1.08. The molecule has 0 aromatic heterocycles. The van der Waals surface area contributed by atoms with Crippen LogP contribution in [0.5, 0.6) is 0 Å². The summed E-state index contributed by atoms with van der Waals surface area (Å²) in [6, 6.07) is 13.9. The molecule has 0 saturated heterocycles. The van der Waals surface area contributed by atoms with Crippen molar-refractivity contribution >= 4 is 21.6 Å². The molecule has 102 valence electrons. The Kier molecular flexibility index (Phi) is 5.07. The summed E-state index contributed by atoms with van der Waals surface area (Å²) >= 11 is 0. The minimum Gasteiger partial charge on any atom is -0.376 e. The van der Waals surface area contributed by atoms with Gasteiger partial charge in [-0.3, -0.25) is 4.21 Å². The van der Waals surface area contributed by atoms with Crippen LogP contribution in [0.15, 0.2) is 47.4 Å². The predicted octanol–water partition coefficient (Wildman–Crippen LogP) is 2.31. The first-order valence-corrected chi connectivity index (χ1v) is 7.75. The van der Waals surface area contributed by atoms with E-state index in [0.29, 0.717) is 18.9 Å². The van der Waals surface area contributed by atoms with Crippen LogP contribution < -0.4 is 5.73 Å². The monoisotopic (exact) mass is 277 g/mol.